The number of thiazole rings is 1. The predicted octanol–water partition coefficient (Wildman–Crippen LogP) is 5.24. The van der Waals surface area contributed by atoms with Crippen molar-refractivity contribution in [3.63, 3.8) is 0 Å². The highest BCUT2D eigenvalue weighted by atomic mass is 79.9. The van der Waals surface area contributed by atoms with Gasteiger partial charge in [0.1, 0.15) is 11.8 Å². The number of fused-ring (bicyclic) bond motifs is 1. The molecule has 0 unspecified atom stereocenters. The molecule has 7 nitrogen and oxygen atoms in total. The molecule has 2 aromatic carbocycles. The molecule has 0 N–H and O–H groups in total. The first-order valence-corrected chi connectivity index (χ1v) is 14.0. The molecule has 10 heteroatoms. The smallest absolute Gasteiger partial charge is 0.338 e. The van der Waals surface area contributed by atoms with Crippen LogP contribution in [0.25, 0.3) is 11.8 Å². The molecule has 4 aromatic rings. The number of halogens is 2. The predicted molar refractivity (Wildman–Crippen MR) is 157 cm³/mol. The van der Waals surface area contributed by atoms with Crippen molar-refractivity contribution in [2.75, 3.05) is 14.2 Å². The zero-order chi connectivity index (χ0) is 28.0. The number of methoxy groups -OCH3 is 2. The first-order valence-electron chi connectivity index (χ1n) is 12.0. The van der Waals surface area contributed by atoms with Gasteiger partial charge in [-0.05, 0) is 80.9 Å². The van der Waals surface area contributed by atoms with E-state index in [1.165, 1.54) is 30.1 Å². The monoisotopic (exact) mass is 625 g/mol. The molecule has 1 atom stereocenters. The normalized spacial score (nSPS) is 15.3. The Morgan fingerprint density at radius 1 is 1.10 bits per heavy atom. The van der Waals surface area contributed by atoms with Crippen LogP contribution in [0.15, 0.2) is 74.1 Å². The van der Waals surface area contributed by atoms with Crippen molar-refractivity contribution < 1.29 is 14.3 Å². The Hall–Kier alpha value is -3.40. The number of hydrogen-bond donors (Lipinski definition) is 0. The number of hydrogen-bond acceptors (Lipinski definition) is 6. The van der Waals surface area contributed by atoms with E-state index in [1.54, 1.807) is 25.1 Å². The lowest BCUT2D eigenvalue weighted by molar-refractivity contribution is -0.136. The molecule has 0 aliphatic carbocycles. The summed E-state index contributed by atoms with van der Waals surface area (Å²) in [5.74, 6) is -0.0799. The number of carbonyl (C=O) groups excluding carboxylic acids is 1. The van der Waals surface area contributed by atoms with Crippen LogP contribution < -0.4 is 19.6 Å². The van der Waals surface area contributed by atoms with Gasteiger partial charge in [0, 0.05) is 32.1 Å². The summed E-state index contributed by atoms with van der Waals surface area (Å²) < 4.78 is 15.9. The lowest BCUT2D eigenvalue weighted by Crippen LogP contribution is -2.40. The van der Waals surface area contributed by atoms with Crippen molar-refractivity contribution in [1.29, 1.82) is 0 Å². The minimum absolute atomic E-state index is 0.255. The number of allylic oxidation sites excluding steroid dienone is 1. The summed E-state index contributed by atoms with van der Waals surface area (Å²) in [5, 5.41) is 0.451. The zero-order valence-corrected chi connectivity index (χ0v) is 25.1. The van der Waals surface area contributed by atoms with Crippen molar-refractivity contribution in [3.8, 4) is 11.4 Å². The molecule has 3 heterocycles. The van der Waals surface area contributed by atoms with Gasteiger partial charge in [0.25, 0.3) is 5.56 Å². The van der Waals surface area contributed by atoms with E-state index >= 15 is 0 Å². The number of benzene rings is 2. The molecule has 0 saturated heterocycles. The van der Waals surface area contributed by atoms with Gasteiger partial charge in [0.15, 0.2) is 4.80 Å². The van der Waals surface area contributed by atoms with E-state index in [1.807, 2.05) is 44.2 Å². The van der Waals surface area contributed by atoms with Gasteiger partial charge < -0.3 is 14.0 Å². The maximum Gasteiger partial charge on any atom is 0.338 e. The number of carbonyl (C=O) groups is 1. The number of aromatic nitrogens is 2. The Morgan fingerprint density at radius 2 is 1.82 bits per heavy atom. The van der Waals surface area contributed by atoms with E-state index in [0.29, 0.717) is 31.4 Å². The molecular formula is C29H25BrClN3O4S. The summed E-state index contributed by atoms with van der Waals surface area (Å²) in [5.41, 5.74) is 5.01. The molecule has 0 spiro atoms. The second kappa shape index (κ2) is 10.6. The Kier molecular flexibility index (Phi) is 7.41. The van der Waals surface area contributed by atoms with E-state index in [9.17, 15) is 9.59 Å². The van der Waals surface area contributed by atoms with Crippen LogP contribution in [0.5, 0.6) is 5.75 Å². The van der Waals surface area contributed by atoms with Gasteiger partial charge in [-0.15, -0.1) is 0 Å². The second-order valence-corrected chi connectivity index (χ2v) is 11.5. The number of aryl methyl sites for hydroxylation is 1. The van der Waals surface area contributed by atoms with Crippen LogP contribution in [0, 0.1) is 13.8 Å². The topological polar surface area (TPSA) is 74.8 Å². The van der Waals surface area contributed by atoms with E-state index in [-0.39, 0.29) is 11.1 Å². The summed E-state index contributed by atoms with van der Waals surface area (Å²) in [4.78, 5) is 32.1. The average molecular weight is 627 g/mol. The van der Waals surface area contributed by atoms with Crippen LogP contribution in [0.4, 0.5) is 0 Å². The highest BCUT2D eigenvalue weighted by molar-refractivity contribution is 9.10. The number of esters is 1. The molecule has 0 radical (unpaired) electrons. The summed E-state index contributed by atoms with van der Waals surface area (Å²) in [6, 6.07) is 14.4. The van der Waals surface area contributed by atoms with E-state index in [0.717, 1.165) is 27.1 Å². The molecule has 200 valence electrons. The summed E-state index contributed by atoms with van der Waals surface area (Å²) in [6.07, 6.45) is 1.88. The Bertz CT molecular complexity index is 1830. The third kappa shape index (κ3) is 4.79. The fourth-order valence-corrected chi connectivity index (χ4v) is 6.45. The fourth-order valence-electron chi connectivity index (χ4n) is 4.97. The summed E-state index contributed by atoms with van der Waals surface area (Å²) >= 11 is 11.1. The second-order valence-electron chi connectivity index (χ2n) is 9.10. The lowest BCUT2D eigenvalue weighted by Gasteiger charge is -2.25. The van der Waals surface area contributed by atoms with Crippen molar-refractivity contribution >= 4 is 50.9 Å². The van der Waals surface area contributed by atoms with Crippen molar-refractivity contribution in [1.82, 2.24) is 9.13 Å². The molecule has 0 amide bonds. The molecule has 0 saturated carbocycles. The molecular weight excluding hydrogens is 602 g/mol. The Morgan fingerprint density at radius 3 is 2.49 bits per heavy atom. The van der Waals surface area contributed by atoms with E-state index < -0.39 is 12.0 Å². The number of nitrogens with zero attached hydrogens (tertiary/aromatic N) is 3. The average Bonchev–Trinajstić information content (AvgIpc) is 3.37. The van der Waals surface area contributed by atoms with E-state index in [4.69, 9.17) is 21.1 Å². The third-order valence-corrected chi connectivity index (χ3v) is 8.50. The van der Waals surface area contributed by atoms with E-state index in [2.05, 4.69) is 31.6 Å². The van der Waals surface area contributed by atoms with Crippen molar-refractivity contribution in [3.05, 3.63) is 111 Å². The molecule has 1 aliphatic heterocycles. The third-order valence-electron chi connectivity index (χ3n) is 6.76. The fraction of sp³-hybridized carbons (Fsp3) is 0.207. The van der Waals surface area contributed by atoms with Crippen LogP contribution in [0.3, 0.4) is 0 Å². The van der Waals surface area contributed by atoms with Gasteiger partial charge in [-0.25, -0.2) is 9.79 Å². The van der Waals surface area contributed by atoms with Crippen LogP contribution in [0.2, 0.25) is 5.02 Å². The highest BCUT2D eigenvalue weighted by Crippen LogP contribution is 2.37. The van der Waals surface area contributed by atoms with Gasteiger partial charge in [-0.1, -0.05) is 38.9 Å². The molecule has 0 fully saturated rings. The first kappa shape index (κ1) is 27.2. The standard InChI is InChI=1S/C29H25BrClN3O4S/c1-15-12-18(17(3)33(15)21-9-6-19(30)7-10-21)13-24-27(35)34-26(22-14-20(31)8-11-23(22)37-4)25(28(36)38-5)16(2)32-29(34)39-24/h6-14,26H,1-5H3/b24-13-/t26-/m1/s1. The molecule has 1 aliphatic rings. The van der Waals surface area contributed by atoms with Crippen molar-refractivity contribution in [2.45, 2.75) is 26.8 Å². The van der Waals surface area contributed by atoms with Gasteiger partial charge in [-0.3, -0.25) is 9.36 Å². The van der Waals surface area contributed by atoms with Crippen molar-refractivity contribution in [2.24, 2.45) is 4.99 Å². The Balaban J connectivity index is 1.73. The maximum atomic E-state index is 14.0. The Labute approximate surface area is 242 Å². The maximum absolute atomic E-state index is 14.0. The van der Waals surface area contributed by atoms with Gasteiger partial charge >= 0.3 is 5.97 Å². The first-order chi connectivity index (χ1) is 18.6. The lowest BCUT2D eigenvalue weighted by atomic mass is 9.95. The quantitative estimate of drug-likeness (QED) is 0.284. The van der Waals surface area contributed by atoms with Crippen LogP contribution in [0.1, 0.15) is 35.5 Å². The SMILES string of the molecule is COC(=O)C1=C(C)N=c2s/c(=C\c3cc(C)n(-c4ccc(Br)cc4)c3C)c(=O)n2[C@@H]1c1cc(Cl)ccc1OC. The van der Waals surface area contributed by atoms with Crippen LogP contribution >= 0.6 is 38.9 Å². The van der Waals surface area contributed by atoms with Gasteiger partial charge in [-0.2, -0.15) is 0 Å². The van der Waals surface area contributed by atoms with Crippen LogP contribution in [-0.4, -0.2) is 29.3 Å². The summed E-state index contributed by atoms with van der Waals surface area (Å²) in [7, 11) is 2.84. The van der Waals surface area contributed by atoms with Crippen LogP contribution in [-0.2, 0) is 9.53 Å². The van der Waals surface area contributed by atoms with Gasteiger partial charge in [0.05, 0.1) is 30.0 Å². The molecule has 0 bridgehead atoms. The molecule has 5 rings (SSSR count). The molecule has 2 aromatic heterocycles. The minimum Gasteiger partial charge on any atom is -0.496 e. The number of rotatable bonds is 5. The largest absolute Gasteiger partial charge is 0.496 e. The number of ether oxygens (including phenoxy) is 2. The van der Waals surface area contributed by atoms with Gasteiger partial charge in [0.2, 0.25) is 0 Å². The zero-order valence-electron chi connectivity index (χ0n) is 21.9. The minimum atomic E-state index is -0.820. The molecule has 39 heavy (non-hydrogen) atoms. The summed E-state index contributed by atoms with van der Waals surface area (Å²) in [6.45, 7) is 5.79. The highest BCUT2D eigenvalue weighted by Gasteiger charge is 2.35.